The summed E-state index contributed by atoms with van der Waals surface area (Å²) in [4.78, 5) is 14.6. The van der Waals surface area contributed by atoms with Crippen molar-refractivity contribution in [3.8, 4) is 0 Å². The van der Waals surface area contributed by atoms with Crippen molar-refractivity contribution >= 4 is 5.97 Å². The minimum absolute atomic E-state index is 0.116. The summed E-state index contributed by atoms with van der Waals surface area (Å²) in [6, 6.07) is 0. The molecule has 5 aliphatic rings. The van der Waals surface area contributed by atoms with Crippen molar-refractivity contribution in [3.63, 3.8) is 0 Å². The maximum atomic E-state index is 12.1. The molecule has 1 aliphatic carbocycles. The zero-order valence-corrected chi connectivity index (χ0v) is 16.3. The summed E-state index contributed by atoms with van der Waals surface area (Å²) in [6.07, 6.45) is 5.56. The van der Waals surface area contributed by atoms with E-state index in [0.29, 0.717) is 18.3 Å². The molecule has 4 saturated heterocycles. The van der Waals surface area contributed by atoms with Crippen LogP contribution >= 0.6 is 0 Å². The molecule has 6 heteroatoms. The zero-order chi connectivity index (χ0) is 18.3. The number of rotatable bonds is 5. The first-order valence-electron chi connectivity index (χ1n) is 10.4. The van der Waals surface area contributed by atoms with E-state index in [9.17, 15) is 4.79 Å². The summed E-state index contributed by atoms with van der Waals surface area (Å²) in [6.45, 7) is 7.03. The molecular formula is C20H33NO5. The Morgan fingerprint density at radius 1 is 1.23 bits per heavy atom. The Hall–Kier alpha value is -0.690. The van der Waals surface area contributed by atoms with Gasteiger partial charge in [0.25, 0.3) is 0 Å². The van der Waals surface area contributed by atoms with Crippen molar-refractivity contribution < 1.29 is 23.7 Å². The first-order chi connectivity index (χ1) is 12.6. The summed E-state index contributed by atoms with van der Waals surface area (Å²) in [5.74, 6) is 0.688. The van der Waals surface area contributed by atoms with E-state index in [1.807, 2.05) is 6.92 Å². The zero-order valence-electron chi connectivity index (χ0n) is 16.3. The number of hydrogen-bond acceptors (Lipinski definition) is 6. The van der Waals surface area contributed by atoms with Crippen molar-refractivity contribution in [3.05, 3.63) is 0 Å². The molecule has 6 unspecified atom stereocenters. The molecule has 148 valence electrons. The molecule has 0 radical (unpaired) electrons. The third-order valence-electron chi connectivity index (χ3n) is 7.02. The Kier molecular flexibility index (Phi) is 5.30. The average molecular weight is 367 g/mol. The lowest BCUT2D eigenvalue weighted by Gasteiger charge is -2.56. The van der Waals surface area contributed by atoms with Crippen LogP contribution in [0.25, 0.3) is 0 Å². The van der Waals surface area contributed by atoms with Crippen LogP contribution in [-0.2, 0) is 23.7 Å². The van der Waals surface area contributed by atoms with Crippen LogP contribution in [0, 0.1) is 17.8 Å². The molecule has 1 saturated carbocycles. The van der Waals surface area contributed by atoms with Crippen LogP contribution in [0.2, 0.25) is 0 Å². The van der Waals surface area contributed by atoms with Crippen LogP contribution in [0.15, 0.2) is 0 Å². The number of carbonyl (C=O) groups is 1. The van der Waals surface area contributed by atoms with E-state index in [1.165, 1.54) is 25.7 Å². The first kappa shape index (κ1) is 18.7. The predicted octanol–water partition coefficient (Wildman–Crippen LogP) is 2.55. The summed E-state index contributed by atoms with van der Waals surface area (Å²) in [7, 11) is 1.71. The lowest BCUT2D eigenvalue weighted by molar-refractivity contribution is -0.410. The van der Waals surface area contributed by atoms with Gasteiger partial charge in [0, 0.05) is 31.9 Å². The number of carbonyl (C=O) groups excluding carboxylic acids is 1. The van der Waals surface area contributed by atoms with Gasteiger partial charge in [0.05, 0.1) is 0 Å². The number of hydrogen-bond donors (Lipinski definition) is 0. The van der Waals surface area contributed by atoms with Crippen LogP contribution < -0.4 is 0 Å². The minimum Gasteiger partial charge on any atom is -0.459 e. The molecule has 4 heterocycles. The third kappa shape index (κ3) is 2.99. The van der Waals surface area contributed by atoms with Crippen LogP contribution in [0.1, 0.15) is 52.4 Å². The normalized spacial score (nSPS) is 45.5. The van der Waals surface area contributed by atoms with E-state index in [2.05, 4.69) is 11.8 Å². The second-order valence-electron chi connectivity index (χ2n) is 8.49. The quantitative estimate of drug-likeness (QED) is 0.696. The summed E-state index contributed by atoms with van der Waals surface area (Å²) in [5, 5.41) is 0. The monoisotopic (exact) mass is 367 g/mol. The van der Waals surface area contributed by atoms with Crippen LogP contribution in [0.5, 0.6) is 0 Å². The standard InChI is InChI=1S/C20H33NO5/c1-4-16(22)24-15-11-14-13(2)18-25-19(23-3)17(14)20(15,26-18)12-21-9-7-5-6-8-10-21/h13-15,17-19H,4-12H2,1-3H3/t13?,14?,15-,17?,18?,19?,20?/m1/s1. The molecule has 0 amide bonds. The number of likely N-dealkylation sites (tertiary alicyclic amines) is 1. The highest BCUT2D eigenvalue weighted by Gasteiger charge is 2.70. The smallest absolute Gasteiger partial charge is 0.305 e. The van der Waals surface area contributed by atoms with Gasteiger partial charge in [-0.25, -0.2) is 0 Å². The Balaban J connectivity index is 1.64. The van der Waals surface area contributed by atoms with E-state index in [1.54, 1.807) is 7.11 Å². The van der Waals surface area contributed by atoms with Gasteiger partial charge in [0.15, 0.2) is 12.6 Å². The van der Waals surface area contributed by atoms with Crippen molar-refractivity contribution in [2.24, 2.45) is 17.8 Å². The second-order valence-corrected chi connectivity index (χ2v) is 8.49. The summed E-state index contributed by atoms with van der Waals surface area (Å²) in [5.41, 5.74) is -0.504. The Morgan fingerprint density at radius 2 is 1.96 bits per heavy atom. The molecular weight excluding hydrogens is 334 g/mol. The van der Waals surface area contributed by atoms with Crippen molar-refractivity contribution in [1.29, 1.82) is 0 Å². The fourth-order valence-electron chi connectivity index (χ4n) is 5.67. The molecule has 5 rings (SSSR count). The molecule has 0 aromatic carbocycles. The fourth-order valence-corrected chi connectivity index (χ4v) is 5.67. The largest absolute Gasteiger partial charge is 0.459 e. The second kappa shape index (κ2) is 7.38. The maximum Gasteiger partial charge on any atom is 0.305 e. The number of methoxy groups -OCH3 is 1. The van der Waals surface area contributed by atoms with Gasteiger partial charge in [-0.2, -0.15) is 0 Å². The van der Waals surface area contributed by atoms with Gasteiger partial charge in [-0.05, 0) is 38.3 Å². The van der Waals surface area contributed by atoms with Crippen LogP contribution in [0.3, 0.4) is 0 Å². The van der Waals surface area contributed by atoms with Crippen LogP contribution in [-0.4, -0.2) is 61.9 Å². The van der Waals surface area contributed by atoms with Crippen LogP contribution in [0.4, 0.5) is 0 Å². The first-order valence-corrected chi connectivity index (χ1v) is 10.4. The fraction of sp³-hybridized carbons (Fsp3) is 0.950. The van der Waals surface area contributed by atoms with E-state index >= 15 is 0 Å². The summed E-state index contributed by atoms with van der Waals surface area (Å²) < 4.78 is 24.3. The predicted molar refractivity (Wildman–Crippen MR) is 95.3 cm³/mol. The van der Waals surface area contributed by atoms with Gasteiger partial charge < -0.3 is 23.8 Å². The van der Waals surface area contributed by atoms with Gasteiger partial charge in [-0.1, -0.05) is 26.7 Å². The highest BCUT2D eigenvalue weighted by atomic mass is 16.8. The molecule has 0 N–H and O–H groups in total. The molecule has 6 nitrogen and oxygen atoms in total. The number of esters is 1. The Bertz CT molecular complexity index is 520. The van der Waals surface area contributed by atoms with Gasteiger partial charge in [0.2, 0.25) is 0 Å². The Labute approximate surface area is 156 Å². The van der Waals surface area contributed by atoms with E-state index in [4.69, 9.17) is 18.9 Å². The van der Waals surface area contributed by atoms with Gasteiger partial charge in [-0.15, -0.1) is 0 Å². The topological polar surface area (TPSA) is 57.2 Å². The average Bonchev–Trinajstić information content (AvgIpc) is 2.78. The number of ether oxygens (including phenoxy) is 4. The van der Waals surface area contributed by atoms with E-state index in [-0.39, 0.29) is 30.6 Å². The summed E-state index contributed by atoms with van der Waals surface area (Å²) >= 11 is 0. The third-order valence-corrected chi connectivity index (χ3v) is 7.02. The SMILES string of the molecule is CCC(=O)O[C@@H]1CC2C(C)C3OC(OC)C2C1(CN1CCCCCC1)O3. The van der Waals surface area contributed by atoms with Gasteiger partial charge in [0.1, 0.15) is 11.7 Å². The number of fused-ring (bicyclic) bond motifs is 1. The van der Waals surface area contributed by atoms with Gasteiger partial charge >= 0.3 is 5.97 Å². The molecule has 0 spiro atoms. The highest BCUT2D eigenvalue weighted by Crippen LogP contribution is 2.59. The van der Waals surface area contributed by atoms with Crippen molar-refractivity contribution in [1.82, 2.24) is 4.90 Å². The lowest BCUT2D eigenvalue weighted by atomic mass is 9.73. The van der Waals surface area contributed by atoms with Crippen molar-refractivity contribution in [2.75, 3.05) is 26.7 Å². The minimum atomic E-state index is -0.504. The van der Waals surface area contributed by atoms with Gasteiger partial charge in [-0.3, -0.25) is 4.79 Å². The maximum absolute atomic E-state index is 12.1. The molecule has 5 fully saturated rings. The number of nitrogens with zero attached hydrogens (tertiary/aromatic N) is 1. The Morgan fingerprint density at radius 3 is 2.62 bits per heavy atom. The molecule has 0 aromatic heterocycles. The molecule has 7 atom stereocenters. The molecule has 26 heavy (non-hydrogen) atoms. The van der Waals surface area contributed by atoms with E-state index < -0.39 is 5.60 Å². The molecule has 4 bridgehead atoms. The van der Waals surface area contributed by atoms with E-state index in [0.717, 1.165) is 26.1 Å². The lowest BCUT2D eigenvalue weighted by Crippen LogP contribution is -2.68. The highest BCUT2D eigenvalue weighted by molar-refractivity contribution is 5.69. The van der Waals surface area contributed by atoms with Crippen molar-refractivity contribution in [2.45, 2.75) is 76.7 Å². The molecule has 4 aliphatic heterocycles. The molecule has 0 aromatic rings.